The highest BCUT2D eigenvalue weighted by atomic mass is 16.2. The van der Waals surface area contributed by atoms with Crippen LogP contribution in [0, 0.1) is 0 Å². The molecule has 9 nitrogen and oxygen atoms in total. The minimum Gasteiger partial charge on any atom is -0.355 e. The van der Waals surface area contributed by atoms with E-state index in [1.807, 2.05) is 30.9 Å². The molecule has 2 aliphatic heterocycles. The molecule has 0 aliphatic carbocycles. The van der Waals surface area contributed by atoms with E-state index in [9.17, 15) is 14.4 Å². The van der Waals surface area contributed by atoms with Crippen molar-refractivity contribution in [1.29, 1.82) is 0 Å². The third-order valence-electron chi connectivity index (χ3n) is 5.64. The van der Waals surface area contributed by atoms with Gasteiger partial charge in [0.1, 0.15) is 0 Å². The van der Waals surface area contributed by atoms with Gasteiger partial charge in [-0.3, -0.25) is 19.1 Å². The van der Waals surface area contributed by atoms with Gasteiger partial charge in [0, 0.05) is 76.8 Å². The number of rotatable bonds is 7. The highest BCUT2D eigenvalue weighted by molar-refractivity contribution is 5.94. The van der Waals surface area contributed by atoms with Gasteiger partial charge in [0.05, 0.1) is 0 Å². The van der Waals surface area contributed by atoms with Gasteiger partial charge in [0.15, 0.2) is 5.69 Å². The van der Waals surface area contributed by atoms with E-state index < -0.39 is 0 Å². The van der Waals surface area contributed by atoms with Gasteiger partial charge >= 0.3 is 0 Å². The Labute approximate surface area is 172 Å². The summed E-state index contributed by atoms with van der Waals surface area (Å²) in [7, 11) is 5.75. The van der Waals surface area contributed by atoms with Crippen LogP contribution in [0.2, 0.25) is 0 Å². The summed E-state index contributed by atoms with van der Waals surface area (Å²) in [5.41, 5.74) is 2.36. The molecule has 160 valence electrons. The molecule has 0 radical (unpaired) electrons. The van der Waals surface area contributed by atoms with Crippen molar-refractivity contribution in [3.63, 3.8) is 0 Å². The Kier molecular flexibility index (Phi) is 6.89. The predicted octanol–water partition coefficient (Wildman–Crippen LogP) is -0.00120. The molecule has 0 aromatic carbocycles. The number of hydrogen-bond acceptors (Lipinski definition) is 5. The fourth-order valence-electron chi connectivity index (χ4n) is 3.93. The first kappa shape index (κ1) is 21.3. The van der Waals surface area contributed by atoms with Gasteiger partial charge < -0.3 is 20.0 Å². The Morgan fingerprint density at radius 3 is 2.48 bits per heavy atom. The van der Waals surface area contributed by atoms with Crippen molar-refractivity contribution in [3.8, 4) is 0 Å². The maximum absolute atomic E-state index is 12.9. The second kappa shape index (κ2) is 9.39. The fourth-order valence-corrected chi connectivity index (χ4v) is 3.93. The number of aryl methyl sites for hydroxylation is 1. The molecule has 1 N–H and O–H groups in total. The standard InChI is InChI=1S/C20H32N6O3/c1-23(2)13-9-21-17(27)6-7-18(28)26-12-8-16-15(14-26)19(22-24(16)3)20(29)25-10-4-5-11-25/h4-14H2,1-3H3,(H,21,27). The van der Waals surface area contributed by atoms with Crippen LogP contribution in [-0.2, 0) is 29.6 Å². The van der Waals surface area contributed by atoms with Crippen molar-refractivity contribution in [3.05, 3.63) is 17.0 Å². The van der Waals surface area contributed by atoms with E-state index in [0.717, 1.165) is 43.7 Å². The van der Waals surface area contributed by atoms with Crippen LogP contribution < -0.4 is 5.32 Å². The summed E-state index contributed by atoms with van der Waals surface area (Å²) >= 11 is 0. The zero-order chi connectivity index (χ0) is 21.0. The average Bonchev–Trinajstić information content (AvgIpc) is 3.33. The Balaban J connectivity index is 1.57. The molecule has 9 heteroatoms. The van der Waals surface area contributed by atoms with E-state index in [1.54, 1.807) is 9.58 Å². The molecule has 1 aromatic heterocycles. The number of likely N-dealkylation sites (tertiary alicyclic amines) is 1. The molecular formula is C20H32N6O3. The summed E-state index contributed by atoms with van der Waals surface area (Å²) in [5, 5.41) is 7.30. The quantitative estimate of drug-likeness (QED) is 0.691. The number of carbonyl (C=O) groups excluding carboxylic acids is 3. The minimum absolute atomic E-state index is 0.0334. The van der Waals surface area contributed by atoms with E-state index in [-0.39, 0.29) is 30.6 Å². The van der Waals surface area contributed by atoms with Crippen molar-refractivity contribution in [1.82, 2.24) is 29.8 Å². The smallest absolute Gasteiger partial charge is 0.274 e. The Hall–Kier alpha value is -2.42. The lowest BCUT2D eigenvalue weighted by atomic mass is 10.0. The third kappa shape index (κ3) is 5.14. The lowest BCUT2D eigenvalue weighted by Gasteiger charge is -2.28. The summed E-state index contributed by atoms with van der Waals surface area (Å²) in [6.07, 6.45) is 3.10. The Bertz CT molecular complexity index is 767. The highest BCUT2D eigenvalue weighted by Crippen LogP contribution is 2.25. The summed E-state index contributed by atoms with van der Waals surface area (Å²) in [6, 6.07) is 0. The van der Waals surface area contributed by atoms with Gasteiger partial charge in [-0.25, -0.2) is 0 Å². The maximum atomic E-state index is 12.9. The lowest BCUT2D eigenvalue weighted by Crippen LogP contribution is -2.38. The Morgan fingerprint density at radius 2 is 1.79 bits per heavy atom. The molecule has 3 rings (SSSR count). The van der Waals surface area contributed by atoms with Crippen LogP contribution in [0.25, 0.3) is 0 Å². The van der Waals surface area contributed by atoms with Crippen LogP contribution in [0.3, 0.4) is 0 Å². The zero-order valence-electron chi connectivity index (χ0n) is 17.7. The number of aromatic nitrogens is 2. The molecule has 0 unspecified atom stereocenters. The van der Waals surface area contributed by atoms with Crippen LogP contribution in [0.1, 0.15) is 47.4 Å². The molecule has 2 aliphatic rings. The molecule has 1 aromatic rings. The second-order valence-corrected chi connectivity index (χ2v) is 8.12. The third-order valence-corrected chi connectivity index (χ3v) is 5.64. The number of fused-ring (bicyclic) bond motifs is 1. The highest BCUT2D eigenvalue weighted by Gasteiger charge is 2.31. The molecule has 1 fully saturated rings. The van der Waals surface area contributed by atoms with Gasteiger partial charge in [-0.2, -0.15) is 5.10 Å². The van der Waals surface area contributed by atoms with Crippen LogP contribution >= 0.6 is 0 Å². The molecule has 1 saturated heterocycles. The van der Waals surface area contributed by atoms with Gasteiger partial charge in [-0.15, -0.1) is 0 Å². The van der Waals surface area contributed by atoms with Crippen LogP contribution in [-0.4, -0.2) is 89.0 Å². The first-order valence-corrected chi connectivity index (χ1v) is 10.4. The average molecular weight is 405 g/mol. The summed E-state index contributed by atoms with van der Waals surface area (Å²) in [4.78, 5) is 43.0. The number of hydrogen-bond donors (Lipinski definition) is 1. The Morgan fingerprint density at radius 1 is 1.07 bits per heavy atom. The van der Waals surface area contributed by atoms with Crippen molar-refractivity contribution >= 4 is 17.7 Å². The van der Waals surface area contributed by atoms with E-state index in [4.69, 9.17) is 0 Å². The lowest BCUT2D eigenvalue weighted by molar-refractivity contribution is -0.134. The van der Waals surface area contributed by atoms with Gasteiger partial charge in [-0.05, 0) is 26.9 Å². The molecular weight excluding hydrogens is 372 g/mol. The van der Waals surface area contributed by atoms with E-state index >= 15 is 0 Å². The summed E-state index contributed by atoms with van der Waals surface area (Å²) < 4.78 is 1.78. The van der Waals surface area contributed by atoms with Gasteiger partial charge in [-0.1, -0.05) is 0 Å². The normalized spacial score (nSPS) is 16.3. The van der Waals surface area contributed by atoms with Crippen molar-refractivity contribution in [2.75, 3.05) is 46.8 Å². The monoisotopic (exact) mass is 404 g/mol. The van der Waals surface area contributed by atoms with Crippen LogP contribution in [0.15, 0.2) is 0 Å². The van der Waals surface area contributed by atoms with E-state index in [1.165, 1.54) is 0 Å². The number of nitrogens with zero attached hydrogens (tertiary/aromatic N) is 5. The number of likely N-dealkylation sites (N-methyl/N-ethyl adjacent to an activating group) is 1. The summed E-state index contributed by atoms with van der Waals surface area (Å²) in [6.45, 7) is 3.86. The van der Waals surface area contributed by atoms with Crippen molar-refractivity contribution in [2.24, 2.45) is 7.05 Å². The SMILES string of the molecule is CN(C)CCNC(=O)CCC(=O)N1CCc2c(c(C(=O)N3CCCC3)nn2C)C1. The molecule has 0 spiro atoms. The maximum Gasteiger partial charge on any atom is 0.274 e. The van der Waals surface area contributed by atoms with Crippen molar-refractivity contribution < 1.29 is 14.4 Å². The number of carbonyl (C=O) groups is 3. The van der Waals surface area contributed by atoms with Crippen molar-refractivity contribution in [2.45, 2.75) is 38.6 Å². The molecule has 3 amide bonds. The molecule has 0 saturated carbocycles. The van der Waals surface area contributed by atoms with E-state index in [2.05, 4.69) is 10.4 Å². The fraction of sp³-hybridized carbons (Fsp3) is 0.700. The van der Waals surface area contributed by atoms with Crippen LogP contribution in [0.5, 0.6) is 0 Å². The molecule has 29 heavy (non-hydrogen) atoms. The largest absolute Gasteiger partial charge is 0.355 e. The molecule has 0 atom stereocenters. The zero-order valence-corrected chi connectivity index (χ0v) is 17.7. The number of amides is 3. The van der Waals surface area contributed by atoms with Crippen LogP contribution in [0.4, 0.5) is 0 Å². The minimum atomic E-state index is -0.107. The molecule has 3 heterocycles. The first-order chi connectivity index (χ1) is 13.9. The summed E-state index contributed by atoms with van der Waals surface area (Å²) in [5.74, 6) is -0.195. The first-order valence-electron chi connectivity index (χ1n) is 10.4. The number of nitrogens with one attached hydrogen (secondary N) is 1. The van der Waals surface area contributed by atoms with E-state index in [0.29, 0.717) is 31.7 Å². The van der Waals surface area contributed by atoms with Gasteiger partial charge in [0.25, 0.3) is 5.91 Å². The second-order valence-electron chi connectivity index (χ2n) is 8.12. The van der Waals surface area contributed by atoms with Gasteiger partial charge in [0.2, 0.25) is 11.8 Å². The topological polar surface area (TPSA) is 90.8 Å². The predicted molar refractivity (Wildman–Crippen MR) is 108 cm³/mol. The molecule has 0 bridgehead atoms.